The van der Waals surface area contributed by atoms with Crippen molar-refractivity contribution in [2.24, 2.45) is 17.8 Å². The molecule has 13 heavy (non-hydrogen) atoms. The average Bonchev–Trinajstić information content (AvgIpc) is 2.03. The van der Waals surface area contributed by atoms with Crippen LogP contribution in [0.5, 0.6) is 0 Å². The van der Waals surface area contributed by atoms with Crippen LogP contribution in [-0.4, -0.2) is 24.2 Å². The van der Waals surface area contributed by atoms with E-state index in [1.54, 1.807) is 6.92 Å². The van der Waals surface area contributed by atoms with Crippen LogP contribution in [0.1, 0.15) is 27.7 Å². The molecular formula is C10H21NO2. The predicted molar refractivity (Wildman–Crippen MR) is 53.7 cm³/mol. The second-order valence-corrected chi connectivity index (χ2v) is 4.12. The van der Waals surface area contributed by atoms with Crippen molar-refractivity contribution in [1.82, 2.24) is 5.32 Å². The van der Waals surface area contributed by atoms with Crippen LogP contribution >= 0.6 is 0 Å². The number of carboxylic acids is 1. The Balaban J connectivity index is 3.50. The van der Waals surface area contributed by atoms with Crippen molar-refractivity contribution in [3.8, 4) is 0 Å². The largest absolute Gasteiger partial charge is 0.481 e. The summed E-state index contributed by atoms with van der Waals surface area (Å²) >= 11 is 0. The molecule has 0 aromatic heterocycles. The fraction of sp³-hybridized carbons (Fsp3) is 0.900. The molecule has 0 saturated carbocycles. The zero-order chi connectivity index (χ0) is 10.4. The maximum Gasteiger partial charge on any atom is 0.307 e. The van der Waals surface area contributed by atoms with E-state index in [2.05, 4.69) is 26.1 Å². The number of carbonyl (C=O) groups is 1. The molecule has 0 amide bonds. The van der Waals surface area contributed by atoms with Crippen molar-refractivity contribution in [3.05, 3.63) is 0 Å². The molecule has 3 heteroatoms. The summed E-state index contributed by atoms with van der Waals surface area (Å²) in [5, 5.41) is 11.8. The third kappa shape index (κ3) is 5.64. The van der Waals surface area contributed by atoms with Crippen LogP contribution in [0.4, 0.5) is 0 Å². The van der Waals surface area contributed by atoms with Crippen LogP contribution in [0.25, 0.3) is 0 Å². The number of hydrogen-bond donors (Lipinski definition) is 2. The quantitative estimate of drug-likeness (QED) is 0.664. The van der Waals surface area contributed by atoms with Crippen LogP contribution in [0.15, 0.2) is 0 Å². The molecule has 0 aliphatic carbocycles. The van der Waals surface area contributed by atoms with Gasteiger partial charge in [0, 0.05) is 6.54 Å². The first-order valence-corrected chi connectivity index (χ1v) is 4.88. The highest BCUT2D eigenvalue weighted by Gasteiger charge is 2.11. The van der Waals surface area contributed by atoms with Gasteiger partial charge in [0.15, 0.2) is 0 Å². The summed E-state index contributed by atoms with van der Waals surface area (Å²) < 4.78 is 0. The van der Waals surface area contributed by atoms with Gasteiger partial charge >= 0.3 is 5.97 Å². The molecule has 0 heterocycles. The SMILES string of the molecule is CC(CNCC(C)C(C)C)C(=O)O. The summed E-state index contributed by atoms with van der Waals surface area (Å²) in [6.45, 7) is 9.69. The molecule has 0 aliphatic heterocycles. The van der Waals surface area contributed by atoms with E-state index < -0.39 is 5.97 Å². The van der Waals surface area contributed by atoms with Gasteiger partial charge in [0.05, 0.1) is 5.92 Å². The number of hydrogen-bond acceptors (Lipinski definition) is 2. The van der Waals surface area contributed by atoms with Crippen molar-refractivity contribution in [3.63, 3.8) is 0 Å². The van der Waals surface area contributed by atoms with Gasteiger partial charge in [0.25, 0.3) is 0 Å². The first kappa shape index (κ1) is 12.4. The summed E-state index contributed by atoms with van der Waals surface area (Å²) in [4.78, 5) is 10.5. The highest BCUT2D eigenvalue weighted by atomic mass is 16.4. The van der Waals surface area contributed by atoms with Gasteiger partial charge in [-0.05, 0) is 18.4 Å². The lowest BCUT2D eigenvalue weighted by molar-refractivity contribution is -0.140. The summed E-state index contributed by atoms with van der Waals surface area (Å²) in [5.41, 5.74) is 0. The first-order chi connectivity index (χ1) is 5.95. The van der Waals surface area contributed by atoms with E-state index in [4.69, 9.17) is 5.11 Å². The molecule has 3 nitrogen and oxygen atoms in total. The third-order valence-electron chi connectivity index (χ3n) is 2.48. The molecule has 78 valence electrons. The summed E-state index contributed by atoms with van der Waals surface area (Å²) in [5.74, 6) is 0.220. The van der Waals surface area contributed by atoms with Gasteiger partial charge in [-0.25, -0.2) is 0 Å². The molecule has 0 aliphatic rings. The minimum atomic E-state index is -0.732. The first-order valence-electron chi connectivity index (χ1n) is 4.88. The Hall–Kier alpha value is -0.570. The standard InChI is InChI=1S/C10H21NO2/c1-7(2)8(3)5-11-6-9(4)10(12)13/h7-9,11H,5-6H2,1-4H3,(H,12,13). The van der Waals surface area contributed by atoms with Crippen LogP contribution in [0.3, 0.4) is 0 Å². The van der Waals surface area contributed by atoms with E-state index in [1.807, 2.05) is 0 Å². The number of aliphatic carboxylic acids is 1. The fourth-order valence-electron chi connectivity index (χ4n) is 0.851. The Labute approximate surface area is 80.5 Å². The van der Waals surface area contributed by atoms with Crippen LogP contribution < -0.4 is 5.32 Å². The van der Waals surface area contributed by atoms with Gasteiger partial charge in [-0.1, -0.05) is 27.7 Å². The third-order valence-corrected chi connectivity index (χ3v) is 2.48. The van der Waals surface area contributed by atoms with Crippen LogP contribution in [0.2, 0.25) is 0 Å². The molecule has 0 radical (unpaired) electrons. The zero-order valence-corrected chi connectivity index (χ0v) is 9.00. The molecule has 0 bridgehead atoms. The average molecular weight is 187 g/mol. The maximum absolute atomic E-state index is 10.5. The molecule has 2 atom stereocenters. The van der Waals surface area contributed by atoms with Gasteiger partial charge in [-0.2, -0.15) is 0 Å². The smallest absolute Gasteiger partial charge is 0.307 e. The topological polar surface area (TPSA) is 49.3 Å². The van der Waals surface area contributed by atoms with Crippen molar-refractivity contribution in [2.75, 3.05) is 13.1 Å². The lowest BCUT2D eigenvalue weighted by Gasteiger charge is -2.16. The Morgan fingerprint density at radius 3 is 2.15 bits per heavy atom. The normalized spacial score (nSPS) is 15.8. The summed E-state index contributed by atoms with van der Waals surface area (Å²) in [7, 11) is 0. The van der Waals surface area contributed by atoms with Crippen LogP contribution in [-0.2, 0) is 4.79 Å². The fourth-order valence-corrected chi connectivity index (χ4v) is 0.851. The number of rotatable bonds is 6. The Bertz CT molecular complexity index is 157. The van der Waals surface area contributed by atoms with Crippen molar-refractivity contribution in [1.29, 1.82) is 0 Å². The minimum Gasteiger partial charge on any atom is -0.481 e. The highest BCUT2D eigenvalue weighted by molar-refractivity contribution is 5.69. The van der Waals surface area contributed by atoms with E-state index in [-0.39, 0.29) is 5.92 Å². The van der Waals surface area contributed by atoms with Crippen molar-refractivity contribution >= 4 is 5.97 Å². The molecule has 2 N–H and O–H groups in total. The lowest BCUT2D eigenvalue weighted by atomic mass is 9.98. The van der Waals surface area contributed by atoms with Crippen LogP contribution in [0, 0.1) is 17.8 Å². The zero-order valence-electron chi connectivity index (χ0n) is 9.00. The van der Waals surface area contributed by atoms with E-state index in [1.165, 1.54) is 0 Å². The Morgan fingerprint density at radius 2 is 1.77 bits per heavy atom. The second kappa shape index (κ2) is 5.97. The van der Waals surface area contributed by atoms with E-state index in [0.717, 1.165) is 6.54 Å². The maximum atomic E-state index is 10.5. The Kier molecular flexibility index (Phi) is 5.71. The number of carboxylic acid groups (broad SMARTS) is 1. The van der Waals surface area contributed by atoms with Crippen molar-refractivity contribution in [2.45, 2.75) is 27.7 Å². The minimum absolute atomic E-state index is 0.292. The molecular weight excluding hydrogens is 166 g/mol. The van der Waals surface area contributed by atoms with Gasteiger partial charge in [0.1, 0.15) is 0 Å². The van der Waals surface area contributed by atoms with Gasteiger partial charge in [-0.15, -0.1) is 0 Å². The van der Waals surface area contributed by atoms with E-state index >= 15 is 0 Å². The van der Waals surface area contributed by atoms with Gasteiger partial charge in [-0.3, -0.25) is 4.79 Å². The van der Waals surface area contributed by atoms with Gasteiger partial charge < -0.3 is 10.4 Å². The molecule has 0 spiro atoms. The molecule has 0 aromatic rings. The molecule has 2 unspecified atom stereocenters. The number of nitrogens with one attached hydrogen (secondary N) is 1. The van der Waals surface area contributed by atoms with Gasteiger partial charge in [0.2, 0.25) is 0 Å². The molecule has 0 fully saturated rings. The second-order valence-electron chi connectivity index (χ2n) is 4.12. The van der Waals surface area contributed by atoms with Crippen molar-refractivity contribution < 1.29 is 9.90 Å². The summed E-state index contributed by atoms with van der Waals surface area (Å²) in [6, 6.07) is 0. The Morgan fingerprint density at radius 1 is 1.23 bits per heavy atom. The van der Waals surface area contributed by atoms with E-state index in [0.29, 0.717) is 18.4 Å². The molecule has 0 rings (SSSR count). The van der Waals surface area contributed by atoms with E-state index in [9.17, 15) is 4.79 Å². The predicted octanol–water partition coefficient (Wildman–Crippen LogP) is 1.59. The molecule has 0 saturated heterocycles. The molecule has 0 aromatic carbocycles. The monoisotopic (exact) mass is 187 g/mol. The summed E-state index contributed by atoms with van der Waals surface area (Å²) in [6.07, 6.45) is 0. The highest BCUT2D eigenvalue weighted by Crippen LogP contribution is 2.07. The lowest BCUT2D eigenvalue weighted by Crippen LogP contribution is -2.31.